The molecule has 0 saturated heterocycles. The number of aliphatic imine (C=N–C) groups is 1. The van der Waals surface area contributed by atoms with Gasteiger partial charge in [0.2, 0.25) is 0 Å². The summed E-state index contributed by atoms with van der Waals surface area (Å²) < 4.78 is 8.30. The van der Waals surface area contributed by atoms with Gasteiger partial charge in [0.1, 0.15) is 6.61 Å². The predicted octanol–water partition coefficient (Wildman–Crippen LogP) is 5.91. The third-order valence-corrected chi connectivity index (χ3v) is 6.32. The molecule has 4 heteroatoms. The molecule has 0 unspecified atom stereocenters. The van der Waals surface area contributed by atoms with Gasteiger partial charge in [0, 0.05) is 29.2 Å². The van der Waals surface area contributed by atoms with E-state index >= 15 is 0 Å². The Morgan fingerprint density at radius 1 is 1.28 bits per heavy atom. The van der Waals surface area contributed by atoms with E-state index in [0.29, 0.717) is 18.9 Å². The number of aromatic nitrogens is 1. The number of ether oxygens (including phenoxy) is 1. The first-order valence-electron chi connectivity index (χ1n) is 10.7. The lowest BCUT2D eigenvalue weighted by Gasteiger charge is -2.26. The van der Waals surface area contributed by atoms with E-state index in [4.69, 9.17) is 4.74 Å². The zero-order valence-electron chi connectivity index (χ0n) is 17.5. The lowest BCUT2D eigenvalue weighted by molar-refractivity contribution is 0.101. The molecule has 29 heavy (non-hydrogen) atoms. The van der Waals surface area contributed by atoms with Crippen LogP contribution in [-0.2, 0) is 11.3 Å². The van der Waals surface area contributed by atoms with Crippen molar-refractivity contribution in [2.24, 2.45) is 4.99 Å². The number of benzene rings is 1. The molecule has 1 aliphatic carbocycles. The minimum Gasteiger partial charge on any atom is -0.479 e. The topological polar surface area (TPSA) is 43.6 Å². The van der Waals surface area contributed by atoms with Crippen molar-refractivity contribution in [3.8, 4) is 0 Å². The van der Waals surface area contributed by atoms with Crippen molar-refractivity contribution in [3.05, 3.63) is 53.8 Å². The van der Waals surface area contributed by atoms with Gasteiger partial charge in [-0.3, -0.25) is 9.79 Å². The van der Waals surface area contributed by atoms with Crippen LogP contribution in [0.25, 0.3) is 16.5 Å². The number of rotatable bonds is 3. The molecule has 0 bridgehead atoms. The fraction of sp³-hybridized carbons (Fsp3) is 0.440. The molecule has 2 aromatic rings. The van der Waals surface area contributed by atoms with E-state index in [-0.39, 0.29) is 5.78 Å². The molecular weight excluding hydrogens is 360 g/mol. The van der Waals surface area contributed by atoms with E-state index in [1.54, 1.807) is 14.0 Å². The Kier molecular flexibility index (Phi) is 5.70. The van der Waals surface area contributed by atoms with Crippen LogP contribution in [0.15, 0.2) is 41.9 Å². The number of fused-ring (bicyclic) bond motifs is 3. The Morgan fingerprint density at radius 3 is 2.76 bits per heavy atom. The zero-order chi connectivity index (χ0) is 20.4. The third kappa shape index (κ3) is 3.68. The lowest BCUT2D eigenvalue weighted by Crippen LogP contribution is -2.19. The summed E-state index contributed by atoms with van der Waals surface area (Å²) in [6.45, 7) is 6.92. The fourth-order valence-corrected chi connectivity index (χ4v) is 4.95. The molecule has 0 spiro atoms. The number of hydrogen-bond acceptors (Lipinski definition) is 3. The van der Waals surface area contributed by atoms with Crippen molar-refractivity contribution in [3.63, 3.8) is 0 Å². The second-order valence-corrected chi connectivity index (χ2v) is 8.11. The van der Waals surface area contributed by atoms with Crippen LogP contribution < -0.4 is 0 Å². The van der Waals surface area contributed by atoms with E-state index in [0.717, 1.165) is 23.5 Å². The number of carbonyl (C=O) groups excluding carboxylic acids is 1. The van der Waals surface area contributed by atoms with Gasteiger partial charge in [-0.05, 0) is 42.9 Å². The Balaban J connectivity index is 2.01. The molecule has 0 amide bonds. The van der Waals surface area contributed by atoms with Crippen molar-refractivity contribution in [2.75, 3.05) is 13.7 Å². The first-order chi connectivity index (χ1) is 14.1. The second-order valence-electron chi connectivity index (χ2n) is 8.11. The molecule has 1 saturated carbocycles. The van der Waals surface area contributed by atoms with E-state index in [1.165, 1.54) is 54.3 Å². The lowest BCUT2D eigenvalue weighted by atomic mass is 9.81. The summed E-state index contributed by atoms with van der Waals surface area (Å²) in [6, 6.07) is 6.21. The quantitative estimate of drug-likeness (QED) is 0.612. The van der Waals surface area contributed by atoms with Crippen molar-refractivity contribution in [1.82, 2.24) is 4.57 Å². The average molecular weight is 391 g/mol. The highest BCUT2D eigenvalue weighted by atomic mass is 16.5. The molecule has 152 valence electrons. The summed E-state index contributed by atoms with van der Waals surface area (Å²) in [7, 11) is 1.79. The maximum absolute atomic E-state index is 12.1. The van der Waals surface area contributed by atoms with Gasteiger partial charge < -0.3 is 9.30 Å². The molecule has 2 heterocycles. The van der Waals surface area contributed by atoms with Crippen molar-refractivity contribution in [2.45, 2.75) is 57.9 Å². The number of allylic oxidation sites excluding steroid dienone is 2. The van der Waals surface area contributed by atoms with Crippen LogP contribution in [0.1, 0.15) is 73.0 Å². The standard InChI is InChI=1S/C25H30N2O2/c1-4-8-20-16-23(26-3)29-14-13-27-22-15-19(17(2)28)11-12-21(22)24(25(20)27)18-9-6-5-7-10-18/h4,8,11-12,15,18H,1,5-7,9-10,13-14,16H2,2-3H3/b20-8+,26-23?. The summed E-state index contributed by atoms with van der Waals surface area (Å²) in [5.41, 5.74) is 5.84. The van der Waals surface area contributed by atoms with Crippen molar-refractivity contribution < 1.29 is 9.53 Å². The molecule has 4 rings (SSSR count). The average Bonchev–Trinajstić information content (AvgIpc) is 3.04. The van der Waals surface area contributed by atoms with E-state index in [9.17, 15) is 4.79 Å². The highest BCUT2D eigenvalue weighted by molar-refractivity contribution is 6.01. The van der Waals surface area contributed by atoms with Gasteiger partial charge >= 0.3 is 0 Å². The summed E-state index contributed by atoms with van der Waals surface area (Å²) in [6.07, 6.45) is 11.0. The predicted molar refractivity (Wildman–Crippen MR) is 120 cm³/mol. The van der Waals surface area contributed by atoms with Gasteiger partial charge in [0.05, 0.1) is 13.0 Å². The molecule has 0 atom stereocenters. The van der Waals surface area contributed by atoms with Gasteiger partial charge in [0.15, 0.2) is 11.7 Å². The van der Waals surface area contributed by atoms with Crippen LogP contribution in [-0.4, -0.2) is 29.9 Å². The summed E-state index contributed by atoms with van der Waals surface area (Å²) in [4.78, 5) is 16.4. The molecule has 1 aromatic carbocycles. The molecule has 1 aromatic heterocycles. The fourth-order valence-electron chi connectivity index (χ4n) is 4.95. The number of hydrogen-bond donors (Lipinski definition) is 0. The van der Waals surface area contributed by atoms with E-state index < -0.39 is 0 Å². The van der Waals surface area contributed by atoms with Gasteiger partial charge in [-0.1, -0.05) is 50.1 Å². The van der Waals surface area contributed by atoms with Crippen LogP contribution in [0, 0.1) is 0 Å². The van der Waals surface area contributed by atoms with Gasteiger partial charge in [-0.15, -0.1) is 0 Å². The van der Waals surface area contributed by atoms with Gasteiger partial charge in [0.25, 0.3) is 0 Å². The summed E-state index contributed by atoms with van der Waals surface area (Å²) in [5, 5.41) is 1.28. The molecule has 1 aliphatic heterocycles. The largest absolute Gasteiger partial charge is 0.479 e. The van der Waals surface area contributed by atoms with Crippen LogP contribution in [0.3, 0.4) is 0 Å². The number of ketones is 1. The molecular formula is C25H30N2O2. The normalized spacial score (nSPS) is 20.9. The third-order valence-electron chi connectivity index (χ3n) is 6.32. The summed E-state index contributed by atoms with van der Waals surface area (Å²) >= 11 is 0. The maximum atomic E-state index is 12.1. The molecule has 0 radical (unpaired) electrons. The number of carbonyl (C=O) groups is 1. The van der Waals surface area contributed by atoms with E-state index in [1.807, 2.05) is 12.1 Å². The van der Waals surface area contributed by atoms with Crippen LogP contribution in [0.2, 0.25) is 0 Å². The minimum atomic E-state index is 0.103. The highest BCUT2D eigenvalue weighted by Gasteiger charge is 2.29. The van der Waals surface area contributed by atoms with Crippen molar-refractivity contribution in [1.29, 1.82) is 0 Å². The van der Waals surface area contributed by atoms with E-state index in [2.05, 4.69) is 34.3 Å². The maximum Gasteiger partial charge on any atom is 0.187 e. The molecule has 0 N–H and O–H groups in total. The SMILES string of the molecule is C=C/C=C1\CC(=NC)OCCn2c1c(C1CCCCC1)c1ccc(C(C)=O)cc12. The van der Waals surface area contributed by atoms with Crippen LogP contribution in [0.5, 0.6) is 0 Å². The molecule has 2 aliphatic rings. The molecule has 1 fully saturated rings. The van der Waals surface area contributed by atoms with Crippen molar-refractivity contribution >= 4 is 28.2 Å². The van der Waals surface area contributed by atoms with Gasteiger partial charge in [-0.2, -0.15) is 0 Å². The Bertz CT molecular complexity index is 1000. The second kappa shape index (κ2) is 8.40. The van der Waals surface area contributed by atoms with Crippen LogP contribution >= 0.6 is 0 Å². The monoisotopic (exact) mass is 390 g/mol. The molecule has 4 nitrogen and oxygen atoms in total. The number of Topliss-reactive ketones (excluding diaryl/α,β-unsaturated/α-hetero) is 1. The minimum absolute atomic E-state index is 0.103. The summed E-state index contributed by atoms with van der Waals surface area (Å²) in [5.74, 6) is 1.43. The number of nitrogens with zero attached hydrogens (tertiary/aromatic N) is 2. The smallest absolute Gasteiger partial charge is 0.187 e. The first kappa shape index (κ1) is 19.7. The van der Waals surface area contributed by atoms with Crippen LogP contribution in [0.4, 0.5) is 0 Å². The Hall–Kier alpha value is -2.62. The zero-order valence-corrected chi connectivity index (χ0v) is 17.5. The highest BCUT2D eigenvalue weighted by Crippen LogP contribution is 2.43. The Labute approximate surface area is 173 Å². The first-order valence-corrected chi connectivity index (χ1v) is 10.7. The Morgan fingerprint density at radius 2 is 2.07 bits per heavy atom. The van der Waals surface area contributed by atoms with Gasteiger partial charge in [-0.25, -0.2) is 0 Å².